The zero-order valence-electron chi connectivity index (χ0n) is 10.7. The number of allylic oxidation sites excluding steroid dienone is 1. The molecule has 2 fully saturated rings. The second kappa shape index (κ2) is 5.54. The van der Waals surface area contributed by atoms with Gasteiger partial charge in [-0.25, -0.2) is 4.79 Å². The Morgan fingerprint density at radius 2 is 1.88 bits per heavy atom. The van der Waals surface area contributed by atoms with E-state index < -0.39 is 0 Å². The van der Waals surface area contributed by atoms with E-state index in [-0.39, 0.29) is 18.2 Å². The molecular weight excluding hydrogens is 216 g/mol. The van der Waals surface area contributed by atoms with Gasteiger partial charge >= 0.3 is 6.03 Å². The van der Waals surface area contributed by atoms with Crippen molar-refractivity contribution < 1.29 is 9.53 Å². The van der Waals surface area contributed by atoms with Crippen LogP contribution in [-0.4, -0.2) is 36.2 Å². The van der Waals surface area contributed by atoms with Gasteiger partial charge in [0.25, 0.3) is 0 Å². The summed E-state index contributed by atoms with van der Waals surface area (Å²) in [6.45, 7) is 5.37. The van der Waals surface area contributed by atoms with E-state index in [2.05, 4.69) is 5.32 Å². The average Bonchev–Trinajstić information content (AvgIpc) is 2.77. The number of ether oxygens (including phenoxy) is 1. The third-order valence-corrected chi connectivity index (χ3v) is 3.35. The fourth-order valence-electron chi connectivity index (χ4n) is 2.57. The smallest absolute Gasteiger partial charge is 0.321 e. The molecular formula is C13H22N2O2. The first kappa shape index (κ1) is 12.4. The van der Waals surface area contributed by atoms with Crippen LogP contribution in [0.4, 0.5) is 4.79 Å². The Morgan fingerprint density at radius 1 is 1.29 bits per heavy atom. The molecule has 96 valence electrons. The fraction of sp³-hybridized carbons (Fsp3) is 0.769. The quantitative estimate of drug-likeness (QED) is 0.761. The molecule has 2 amide bonds. The summed E-state index contributed by atoms with van der Waals surface area (Å²) in [6, 6.07) is 0.00593. The Labute approximate surface area is 103 Å². The van der Waals surface area contributed by atoms with Gasteiger partial charge in [0.2, 0.25) is 0 Å². The van der Waals surface area contributed by atoms with Gasteiger partial charge in [-0.1, -0.05) is 5.57 Å². The maximum absolute atomic E-state index is 12.0. The normalized spacial score (nSPS) is 29.3. The van der Waals surface area contributed by atoms with Crippen LogP contribution in [0.15, 0.2) is 11.8 Å². The molecule has 0 aromatic rings. The predicted octanol–water partition coefficient (Wildman–Crippen LogP) is 2.26. The van der Waals surface area contributed by atoms with Crippen LogP contribution in [0, 0.1) is 0 Å². The van der Waals surface area contributed by atoms with Gasteiger partial charge in [0, 0.05) is 19.3 Å². The van der Waals surface area contributed by atoms with Crippen LogP contribution in [0.5, 0.6) is 0 Å². The standard InChI is InChI=1S/C13H22N2O2/c1-10-8-15(9-11(2)17-10)13(16)14-7-12-5-3-4-6-12/h7,10-11H,3-6,8-9H2,1-2H3,(H,14,16). The highest BCUT2D eigenvalue weighted by atomic mass is 16.5. The third kappa shape index (κ3) is 3.46. The lowest BCUT2D eigenvalue weighted by molar-refractivity contribution is -0.0542. The van der Waals surface area contributed by atoms with Crippen molar-refractivity contribution in [3.05, 3.63) is 11.8 Å². The zero-order valence-corrected chi connectivity index (χ0v) is 10.7. The molecule has 2 unspecified atom stereocenters. The molecule has 1 N–H and O–H groups in total. The molecule has 0 spiro atoms. The number of rotatable bonds is 1. The molecule has 17 heavy (non-hydrogen) atoms. The SMILES string of the molecule is CC1CN(C(=O)NC=C2CCCC2)CC(C)O1. The van der Waals surface area contributed by atoms with Gasteiger partial charge in [0.1, 0.15) is 0 Å². The van der Waals surface area contributed by atoms with Crippen molar-refractivity contribution in [2.24, 2.45) is 0 Å². The van der Waals surface area contributed by atoms with Gasteiger partial charge in [-0.3, -0.25) is 0 Å². The predicted molar refractivity (Wildman–Crippen MR) is 66.7 cm³/mol. The second-order valence-electron chi connectivity index (χ2n) is 5.12. The molecule has 4 nitrogen and oxygen atoms in total. The zero-order chi connectivity index (χ0) is 12.3. The minimum Gasteiger partial charge on any atom is -0.372 e. The summed E-state index contributed by atoms with van der Waals surface area (Å²) in [5, 5.41) is 2.90. The highest BCUT2D eigenvalue weighted by Crippen LogP contribution is 2.22. The van der Waals surface area contributed by atoms with Crippen LogP contribution in [-0.2, 0) is 4.74 Å². The molecule has 2 atom stereocenters. The first-order valence-corrected chi connectivity index (χ1v) is 6.54. The Morgan fingerprint density at radius 3 is 2.47 bits per heavy atom. The Balaban J connectivity index is 1.84. The number of morpholine rings is 1. The summed E-state index contributed by atoms with van der Waals surface area (Å²) in [5.74, 6) is 0. The average molecular weight is 238 g/mol. The number of carbonyl (C=O) groups is 1. The van der Waals surface area contributed by atoms with E-state index in [9.17, 15) is 4.79 Å². The van der Waals surface area contributed by atoms with Crippen molar-refractivity contribution in [3.63, 3.8) is 0 Å². The minimum absolute atomic E-state index is 0.00593. The molecule has 2 rings (SSSR count). The van der Waals surface area contributed by atoms with Crippen LogP contribution >= 0.6 is 0 Å². The second-order valence-corrected chi connectivity index (χ2v) is 5.12. The highest BCUT2D eigenvalue weighted by Gasteiger charge is 2.25. The Bertz CT molecular complexity index is 297. The minimum atomic E-state index is 0.00593. The van der Waals surface area contributed by atoms with Crippen molar-refractivity contribution in [2.45, 2.75) is 51.7 Å². The first-order chi connectivity index (χ1) is 8.15. The van der Waals surface area contributed by atoms with E-state index in [1.54, 1.807) is 0 Å². The van der Waals surface area contributed by atoms with E-state index in [0.717, 1.165) is 12.8 Å². The highest BCUT2D eigenvalue weighted by molar-refractivity contribution is 5.75. The Hall–Kier alpha value is -1.03. The van der Waals surface area contributed by atoms with E-state index >= 15 is 0 Å². The molecule has 1 saturated carbocycles. The van der Waals surface area contributed by atoms with Crippen LogP contribution < -0.4 is 5.32 Å². The van der Waals surface area contributed by atoms with Gasteiger partial charge in [0.15, 0.2) is 0 Å². The summed E-state index contributed by atoms with van der Waals surface area (Å²) < 4.78 is 5.61. The molecule has 0 aromatic carbocycles. The maximum Gasteiger partial charge on any atom is 0.321 e. The lowest BCUT2D eigenvalue weighted by Gasteiger charge is -2.35. The van der Waals surface area contributed by atoms with Gasteiger partial charge in [-0.2, -0.15) is 0 Å². The molecule has 1 aliphatic carbocycles. The summed E-state index contributed by atoms with van der Waals surface area (Å²) >= 11 is 0. The van der Waals surface area contributed by atoms with Crippen molar-refractivity contribution in [2.75, 3.05) is 13.1 Å². The molecule has 0 aromatic heterocycles. The summed E-state index contributed by atoms with van der Waals surface area (Å²) in [6.07, 6.45) is 6.94. The van der Waals surface area contributed by atoms with Crippen LogP contribution in [0.1, 0.15) is 39.5 Å². The molecule has 1 saturated heterocycles. The monoisotopic (exact) mass is 238 g/mol. The molecule has 4 heteroatoms. The maximum atomic E-state index is 12.0. The molecule has 2 aliphatic rings. The number of hydrogen-bond acceptors (Lipinski definition) is 2. The van der Waals surface area contributed by atoms with Crippen molar-refractivity contribution in [3.8, 4) is 0 Å². The largest absolute Gasteiger partial charge is 0.372 e. The van der Waals surface area contributed by atoms with Crippen LogP contribution in [0.25, 0.3) is 0 Å². The van der Waals surface area contributed by atoms with Crippen molar-refractivity contribution in [1.29, 1.82) is 0 Å². The van der Waals surface area contributed by atoms with E-state index in [1.807, 2.05) is 24.9 Å². The molecule has 1 aliphatic heterocycles. The number of nitrogens with zero attached hydrogens (tertiary/aromatic N) is 1. The lowest BCUT2D eigenvalue weighted by atomic mass is 10.2. The van der Waals surface area contributed by atoms with E-state index in [4.69, 9.17) is 4.74 Å². The number of carbonyl (C=O) groups excluding carboxylic acids is 1. The van der Waals surface area contributed by atoms with Crippen molar-refractivity contribution >= 4 is 6.03 Å². The van der Waals surface area contributed by atoms with Crippen LogP contribution in [0.3, 0.4) is 0 Å². The third-order valence-electron chi connectivity index (χ3n) is 3.35. The topological polar surface area (TPSA) is 41.6 Å². The number of amides is 2. The molecule has 0 bridgehead atoms. The van der Waals surface area contributed by atoms with Gasteiger partial charge < -0.3 is 15.0 Å². The first-order valence-electron chi connectivity index (χ1n) is 6.54. The van der Waals surface area contributed by atoms with Crippen LogP contribution in [0.2, 0.25) is 0 Å². The van der Waals surface area contributed by atoms with E-state index in [0.29, 0.717) is 13.1 Å². The van der Waals surface area contributed by atoms with Gasteiger partial charge in [-0.05, 0) is 39.5 Å². The van der Waals surface area contributed by atoms with Crippen molar-refractivity contribution in [1.82, 2.24) is 10.2 Å². The number of hydrogen-bond donors (Lipinski definition) is 1. The Kier molecular flexibility index (Phi) is 4.05. The molecule has 0 radical (unpaired) electrons. The summed E-state index contributed by atoms with van der Waals surface area (Å²) in [5.41, 5.74) is 1.37. The number of urea groups is 1. The fourth-order valence-corrected chi connectivity index (χ4v) is 2.57. The summed E-state index contributed by atoms with van der Waals surface area (Å²) in [7, 11) is 0. The van der Waals surface area contributed by atoms with Gasteiger partial charge in [-0.15, -0.1) is 0 Å². The summed E-state index contributed by atoms with van der Waals surface area (Å²) in [4.78, 5) is 13.8. The van der Waals surface area contributed by atoms with Gasteiger partial charge in [0.05, 0.1) is 12.2 Å². The lowest BCUT2D eigenvalue weighted by Crippen LogP contribution is -2.50. The van der Waals surface area contributed by atoms with E-state index in [1.165, 1.54) is 18.4 Å². The molecule has 1 heterocycles. The number of nitrogens with one attached hydrogen (secondary N) is 1.